The number of hydrogen-bond donors (Lipinski definition) is 0. The number of alkyl halides is 3. The van der Waals surface area contributed by atoms with E-state index in [9.17, 15) is 27.6 Å². The van der Waals surface area contributed by atoms with Crippen molar-refractivity contribution in [3.8, 4) is 0 Å². The molecule has 0 radical (unpaired) electrons. The number of ketones is 3. The number of Topliss-reactive ketones (excluding diaryl/α,β-unsaturated/α-hetero) is 1. The molecule has 0 amide bonds. The number of fused-ring (bicyclic) bond motifs is 1. The summed E-state index contributed by atoms with van der Waals surface area (Å²) in [7, 11) is 0. The number of nitrogens with zero attached hydrogens (tertiary/aromatic N) is 1. The molecule has 0 saturated carbocycles. The highest BCUT2D eigenvalue weighted by Crippen LogP contribution is 2.31. The van der Waals surface area contributed by atoms with Gasteiger partial charge in [0.15, 0.2) is 5.78 Å². The van der Waals surface area contributed by atoms with Crippen molar-refractivity contribution in [2.24, 2.45) is 0 Å². The zero-order valence-electron chi connectivity index (χ0n) is 16.8. The van der Waals surface area contributed by atoms with Crippen molar-refractivity contribution in [1.82, 2.24) is 4.40 Å². The lowest BCUT2D eigenvalue weighted by Gasteiger charge is -2.06. The molecular formula is C25H16F3NO3. The van der Waals surface area contributed by atoms with Crippen LogP contribution >= 0.6 is 0 Å². The topological polar surface area (TPSA) is 55.6 Å². The average Bonchev–Trinajstić information content (AvgIpc) is 3.09. The molecule has 0 atom stereocenters. The minimum absolute atomic E-state index is 0.00607. The van der Waals surface area contributed by atoms with Crippen LogP contribution in [0.25, 0.3) is 5.52 Å². The summed E-state index contributed by atoms with van der Waals surface area (Å²) in [6, 6.07) is 18.9. The molecule has 0 spiro atoms. The van der Waals surface area contributed by atoms with Crippen molar-refractivity contribution in [2.45, 2.75) is 13.1 Å². The minimum atomic E-state index is -5.07. The molecule has 0 N–H and O–H groups in total. The molecular weight excluding hydrogens is 419 g/mol. The van der Waals surface area contributed by atoms with Crippen LogP contribution in [0.4, 0.5) is 13.2 Å². The van der Waals surface area contributed by atoms with E-state index in [2.05, 4.69) is 0 Å². The largest absolute Gasteiger partial charge is 0.454 e. The number of pyridine rings is 1. The molecule has 32 heavy (non-hydrogen) atoms. The van der Waals surface area contributed by atoms with E-state index < -0.39 is 23.3 Å². The van der Waals surface area contributed by atoms with Gasteiger partial charge in [0.05, 0.1) is 16.8 Å². The van der Waals surface area contributed by atoms with Gasteiger partial charge in [-0.15, -0.1) is 0 Å². The Hall–Kier alpha value is -4.00. The van der Waals surface area contributed by atoms with Crippen LogP contribution in [-0.2, 0) is 0 Å². The van der Waals surface area contributed by atoms with Crippen LogP contribution in [0.2, 0.25) is 0 Å². The van der Waals surface area contributed by atoms with E-state index in [1.165, 1.54) is 53.9 Å². The van der Waals surface area contributed by atoms with Gasteiger partial charge >= 0.3 is 6.18 Å². The predicted molar refractivity (Wildman–Crippen MR) is 112 cm³/mol. The Balaban J connectivity index is 1.76. The second-order valence-corrected chi connectivity index (χ2v) is 7.23. The molecule has 0 aliphatic rings. The molecule has 4 aromatic rings. The maximum Gasteiger partial charge on any atom is 0.454 e. The van der Waals surface area contributed by atoms with E-state index in [0.717, 1.165) is 0 Å². The van der Waals surface area contributed by atoms with Crippen molar-refractivity contribution in [3.63, 3.8) is 0 Å². The van der Waals surface area contributed by atoms with Gasteiger partial charge in [0.2, 0.25) is 5.78 Å². The van der Waals surface area contributed by atoms with Crippen LogP contribution < -0.4 is 0 Å². The lowest BCUT2D eigenvalue weighted by Crippen LogP contribution is -2.23. The van der Waals surface area contributed by atoms with Crippen LogP contribution in [0.3, 0.4) is 0 Å². The SMILES string of the molecule is Cc1c(C(=O)C(F)(F)F)c2ccccn2c1C(=O)c1ccc(C(=O)c2ccccc2)cc1. The lowest BCUT2D eigenvalue weighted by atomic mass is 9.98. The van der Waals surface area contributed by atoms with Gasteiger partial charge < -0.3 is 4.40 Å². The number of aromatic nitrogens is 1. The van der Waals surface area contributed by atoms with Gasteiger partial charge in [-0.3, -0.25) is 14.4 Å². The molecule has 0 aliphatic carbocycles. The average molecular weight is 435 g/mol. The molecule has 4 rings (SSSR count). The molecule has 0 bridgehead atoms. The number of rotatable bonds is 5. The van der Waals surface area contributed by atoms with Crippen molar-refractivity contribution in [2.75, 3.05) is 0 Å². The fourth-order valence-corrected chi connectivity index (χ4v) is 3.71. The summed E-state index contributed by atoms with van der Waals surface area (Å²) in [6.07, 6.45) is -3.63. The first kappa shape index (κ1) is 21.2. The number of benzene rings is 2. The van der Waals surface area contributed by atoms with Gasteiger partial charge in [0, 0.05) is 22.9 Å². The second-order valence-electron chi connectivity index (χ2n) is 7.23. The van der Waals surface area contributed by atoms with Crippen molar-refractivity contribution in [3.05, 3.63) is 113 Å². The lowest BCUT2D eigenvalue weighted by molar-refractivity contribution is -0.0884. The summed E-state index contributed by atoms with van der Waals surface area (Å²) in [5.41, 5.74) is 0.437. The van der Waals surface area contributed by atoms with E-state index in [1.807, 2.05) is 0 Å². The molecule has 2 aromatic heterocycles. The molecule has 0 saturated heterocycles. The zero-order valence-corrected chi connectivity index (χ0v) is 16.8. The minimum Gasteiger partial charge on any atom is -0.313 e. The van der Waals surface area contributed by atoms with Crippen LogP contribution in [0, 0.1) is 6.92 Å². The monoisotopic (exact) mass is 435 g/mol. The number of carbonyl (C=O) groups is 3. The van der Waals surface area contributed by atoms with Gasteiger partial charge in [-0.2, -0.15) is 13.2 Å². The smallest absolute Gasteiger partial charge is 0.313 e. The van der Waals surface area contributed by atoms with Gasteiger partial charge in [-0.1, -0.05) is 60.7 Å². The standard InChI is InChI=1S/C25H16F3NO3/c1-15-20(24(32)25(26,27)28)19-9-5-6-14-29(19)21(15)23(31)18-12-10-17(11-13-18)22(30)16-7-3-2-4-8-16/h2-14H,1H3. The van der Waals surface area contributed by atoms with Crippen molar-refractivity contribution < 1.29 is 27.6 Å². The molecule has 0 fully saturated rings. The van der Waals surface area contributed by atoms with Gasteiger partial charge in [-0.25, -0.2) is 0 Å². The first-order chi connectivity index (χ1) is 15.2. The summed E-state index contributed by atoms with van der Waals surface area (Å²) in [5.74, 6) is -2.77. The quantitative estimate of drug-likeness (QED) is 0.392. The van der Waals surface area contributed by atoms with Gasteiger partial charge in [-0.05, 0) is 24.6 Å². The van der Waals surface area contributed by atoms with E-state index in [-0.39, 0.29) is 28.1 Å². The maximum absolute atomic E-state index is 13.2. The van der Waals surface area contributed by atoms with Crippen LogP contribution in [0.1, 0.15) is 47.9 Å². The Kier molecular flexibility index (Phi) is 5.26. The summed E-state index contributed by atoms with van der Waals surface area (Å²) < 4.78 is 40.8. The Morgan fingerprint density at radius 3 is 1.84 bits per heavy atom. The fraction of sp³-hybridized carbons (Fsp3) is 0.0800. The molecule has 2 aromatic carbocycles. The molecule has 0 unspecified atom stereocenters. The van der Waals surface area contributed by atoms with Crippen LogP contribution in [0.5, 0.6) is 0 Å². The zero-order chi connectivity index (χ0) is 23.0. The highest BCUT2D eigenvalue weighted by atomic mass is 19.4. The summed E-state index contributed by atoms with van der Waals surface area (Å²) in [5, 5.41) is 0. The predicted octanol–water partition coefficient (Wildman–Crippen LogP) is 5.45. The molecule has 7 heteroatoms. The highest BCUT2D eigenvalue weighted by molar-refractivity contribution is 6.15. The van der Waals surface area contributed by atoms with Crippen molar-refractivity contribution >= 4 is 22.9 Å². The maximum atomic E-state index is 13.2. The number of hydrogen-bond acceptors (Lipinski definition) is 3. The third kappa shape index (κ3) is 3.62. The van der Waals surface area contributed by atoms with E-state index in [4.69, 9.17) is 0 Å². The van der Waals surface area contributed by atoms with E-state index in [0.29, 0.717) is 11.1 Å². The van der Waals surface area contributed by atoms with Crippen molar-refractivity contribution in [1.29, 1.82) is 0 Å². The van der Waals surface area contributed by atoms with E-state index >= 15 is 0 Å². The Morgan fingerprint density at radius 1 is 0.719 bits per heavy atom. The molecule has 2 heterocycles. The third-order valence-corrected chi connectivity index (χ3v) is 5.23. The first-order valence-electron chi connectivity index (χ1n) is 9.66. The fourth-order valence-electron chi connectivity index (χ4n) is 3.71. The third-order valence-electron chi connectivity index (χ3n) is 5.23. The van der Waals surface area contributed by atoms with Crippen LogP contribution in [-0.4, -0.2) is 27.9 Å². The summed E-state index contributed by atoms with van der Waals surface area (Å²) >= 11 is 0. The molecule has 160 valence electrons. The van der Waals surface area contributed by atoms with Gasteiger partial charge in [0.1, 0.15) is 0 Å². The summed E-state index contributed by atoms with van der Waals surface area (Å²) in [4.78, 5) is 37.8. The van der Waals surface area contributed by atoms with E-state index in [1.54, 1.807) is 36.4 Å². The number of halogens is 3. The van der Waals surface area contributed by atoms with Crippen LogP contribution in [0.15, 0.2) is 79.0 Å². The Bertz CT molecular complexity index is 1350. The first-order valence-corrected chi connectivity index (χ1v) is 9.66. The highest BCUT2D eigenvalue weighted by Gasteiger charge is 2.42. The second kappa shape index (κ2) is 7.92. The van der Waals surface area contributed by atoms with Gasteiger partial charge in [0.25, 0.3) is 5.78 Å². The normalized spacial score (nSPS) is 11.5. The number of carbonyl (C=O) groups excluding carboxylic acids is 3. The summed E-state index contributed by atoms with van der Waals surface area (Å²) in [6.45, 7) is 1.33. The molecule has 0 aliphatic heterocycles. The molecule has 4 nitrogen and oxygen atoms in total. The Morgan fingerprint density at radius 2 is 1.25 bits per heavy atom. The Labute approximate surface area is 180 Å².